The minimum absolute atomic E-state index is 0.322. The molecule has 0 saturated carbocycles. The highest BCUT2D eigenvalue weighted by Crippen LogP contribution is 2.39. The zero-order chi connectivity index (χ0) is 40.5. The molecule has 1 saturated heterocycles. The Morgan fingerprint density at radius 1 is 0.473 bits per heavy atom. The van der Waals surface area contributed by atoms with Gasteiger partial charge >= 0.3 is 23.9 Å². The van der Waals surface area contributed by atoms with Gasteiger partial charge in [-0.1, -0.05) is 0 Å². The fraction of sp³-hybridized carbons (Fsp3) is 0.176. The van der Waals surface area contributed by atoms with Crippen LogP contribution < -0.4 is 0 Å². The van der Waals surface area contributed by atoms with Crippen LogP contribution in [-0.4, -0.2) is 122 Å². The molecular weight excluding hydrogens is 744 g/mol. The molecule has 5 unspecified atom stereocenters. The number of rotatable bonds is 9. The van der Waals surface area contributed by atoms with E-state index in [1.807, 2.05) is 0 Å². The minimum Gasteiger partial charge on any atom is -0.504 e. The number of benzene rings is 4. The summed E-state index contributed by atoms with van der Waals surface area (Å²) >= 11 is 0. The molecule has 0 amide bonds. The lowest BCUT2D eigenvalue weighted by molar-refractivity contribution is -0.283. The summed E-state index contributed by atoms with van der Waals surface area (Å²) < 4.78 is 26.9. The second-order valence-corrected chi connectivity index (χ2v) is 11.6. The van der Waals surface area contributed by atoms with Crippen LogP contribution in [0.4, 0.5) is 0 Å². The lowest BCUT2D eigenvalue weighted by Crippen LogP contribution is -2.62. The molecule has 4 aromatic carbocycles. The summed E-state index contributed by atoms with van der Waals surface area (Å²) in [5.74, 6) is -16.1. The topological polar surface area (TPSA) is 357 Å². The predicted molar refractivity (Wildman–Crippen MR) is 173 cm³/mol. The number of esters is 4. The van der Waals surface area contributed by atoms with Crippen LogP contribution in [0.3, 0.4) is 0 Å². The largest absolute Gasteiger partial charge is 0.504 e. The van der Waals surface area contributed by atoms with Gasteiger partial charge in [0.15, 0.2) is 69.3 Å². The van der Waals surface area contributed by atoms with Crippen molar-refractivity contribution < 1.29 is 104 Å². The first-order valence-electron chi connectivity index (χ1n) is 15.3. The summed E-state index contributed by atoms with van der Waals surface area (Å²) in [5, 5.41) is 120. The Labute approximate surface area is 305 Å². The molecule has 290 valence electrons. The van der Waals surface area contributed by atoms with Gasteiger partial charge in [0.25, 0.3) is 0 Å². The summed E-state index contributed by atoms with van der Waals surface area (Å²) in [4.78, 5) is 52.8. The van der Waals surface area contributed by atoms with Crippen molar-refractivity contribution >= 4 is 23.9 Å². The Bertz CT molecular complexity index is 2110. The van der Waals surface area contributed by atoms with E-state index in [4.69, 9.17) is 23.7 Å². The Kier molecular flexibility index (Phi) is 10.7. The molecule has 0 bridgehead atoms. The predicted octanol–water partition coefficient (Wildman–Crippen LogP) is 0.999. The highest BCUT2D eigenvalue weighted by atomic mass is 16.7. The Morgan fingerprint density at radius 3 is 1.27 bits per heavy atom. The van der Waals surface area contributed by atoms with Gasteiger partial charge in [-0.3, -0.25) is 0 Å². The lowest BCUT2D eigenvalue weighted by Gasteiger charge is -2.42. The first kappa shape index (κ1) is 38.7. The van der Waals surface area contributed by atoms with Crippen molar-refractivity contribution in [3.05, 3.63) is 76.9 Å². The third-order valence-corrected chi connectivity index (χ3v) is 7.83. The molecule has 0 aliphatic carbocycles. The standard InChI is InChI=1S/C34H28O21/c35-15-2-1-11(3-16(15)36)30(47)51-10-23-27(46)28(53-31(48)12-4-17(37)24(43)18(38)5-12)29(54-32(49)13-6-19(39)25(44)20(40)7-13)34(52-23)55-33(50)14-8-21(41)26(45)22(42)9-14/h1-9,23,27-29,34-46H,10H2. The molecule has 12 N–H and O–H groups in total. The van der Waals surface area contributed by atoms with E-state index in [2.05, 4.69) is 0 Å². The molecule has 0 aromatic heterocycles. The Hall–Kier alpha value is -7.52. The number of aromatic hydroxyl groups is 11. The van der Waals surface area contributed by atoms with E-state index in [9.17, 15) is 80.5 Å². The Morgan fingerprint density at radius 2 is 0.855 bits per heavy atom. The van der Waals surface area contributed by atoms with Crippen LogP contribution in [-0.2, 0) is 23.7 Å². The molecule has 21 heteroatoms. The number of hydrogen-bond donors (Lipinski definition) is 12. The van der Waals surface area contributed by atoms with Gasteiger partial charge in [0.05, 0.1) is 22.3 Å². The number of aliphatic hydroxyl groups is 1. The highest BCUT2D eigenvalue weighted by Gasteiger charge is 2.52. The van der Waals surface area contributed by atoms with Crippen molar-refractivity contribution in [2.75, 3.05) is 6.61 Å². The van der Waals surface area contributed by atoms with Gasteiger partial charge in [-0.2, -0.15) is 0 Å². The third kappa shape index (κ3) is 8.11. The summed E-state index contributed by atoms with van der Waals surface area (Å²) in [5.41, 5.74) is -2.35. The molecule has 0 radical (unpaired) electrons. The summed E-state index contributed by atoms with van der Waals surface area (Å²) in [6.45, 7) is -0.980. The zero-order valence-electron chi connectivity index (χ0n) is 27.3. The fourth-order valence-corrected chi connectivity index (χ4v) is 5.00. The lowest BCUT2D eigenvalue weighted by atomic mass is 9.98. The molecule has 1 aliphatic rings. The average Bonchev–Trinajstić information content (AvgIpc) is 3.13. The molecular formula is C34H28O21. The molecule has 55 heavy (non-hydrogen) atoms. The Balaban J connectivity index is 1.55. The van der Waals surface area contributed by atoms with Gasteiger partial charge in [0.2, 0.25) is 12.4 Å². The highest BCUT2D eigenvalue weighted by molar-refractivity contribution is 5.93. The van der Waals surface area contributed by atoms with Crippen molar-refractivity contribution in [2.45, 2.75) is 30.7 Å². The van der Waals surface area contributed by atoms with Crippen molar-refractivity contribution in [1.82, 2.24) is 0 Å². The number of carbonyl (C=O) groups is 4. The number of carbonyl (C=O) groups excluding carboxylic acids is 4. The van der Waals surface area contributed by atoms with Crippen LogP contribution >= 0.6 is 0 Å². The summed E-state index contributed by atoms with van der Waals surface area (Å²) in [7, 11) is 0. The van der Waals surface area contributed by atoms with Gasteiger partial charge in [0.1, 0.15) is 18.8 Å². The third-order valence-electron chi connectivity index (χ3n) is 7.83. The molecule has 1 aliphatic heterocycles. The van der Waals surface area contributed by atoms with Gasteiger partial charge in [-0.05, 0) is 54.6 Å². The summed E-state index contributed by atoms with van der Waals surface area (Å²) in [6.07, 6.45) is -11.0. The maximum Gasteiger partial charge on any atom is 0.340 e. The van der Waals surface area contributed by atoms with E-state index in [1.54, 1.807) is 0 Å². The van der Waals surface area contributed by atoms with E-state index < -0.39 is 141 Å². The smallest absolute Gasteiger partial charge is 0.340 e. The molecule has 5 atom stereocenters. The van der Waals surface area contributed by atoms with E-state index >= 15 is 0 Å². The first-order chi connectivity index (χ1) is 25.9. The normalized spacial score (nSPS) is 19.2. The second-order valence-electron chi connectivity index (χ2n) is 11.6. The molecule has 21 nitrogen and oxygen atoms in total. The van der Waals surface area contributed by atoms with E-state index in [0.29, 0.717) is 36.4 Å². The van der Waals surface area contributed by atoms with Crippen LogP contribution in [0.1, 0.15) is 41.4 Å². The number of phenolic OH excluding ortho intramolecular Hbond substituents is 11. The molecule has 0 spiro atoms. The van der Waals surface area contributed by atoms with Gasteiger partial charge in [0, 0.05) is 0 Å². The SMILES string of the molecule is O=C(OCC1OC(OC(=O)c2cc(O)c(O)c(O)c2)C(OC(=O)c2cc(O)c(O)c(O)c2)C(OC(=O)c2cc(O)c(O)c(O)c2)C1O)c1ccc(O)c(O)c1. The first-order valence-corrected chi connectivity index (χ1v) is 15.3. The number of hydrogen-bond acceptors (Lipinski definition) is 21. The average molecular weight is 773 g/mol. The summed E-state index contributed by atoms with van der Waals surface area (Å²) in [6, 6.07) is 6.57. The minimum atomic E-state index is -2.32. The number of ether oxygens (including phenoxy) is 5. The number of aliphatic hydroxyl groups excluding tert-OH is 1. The van der Waals surface area contributed by atoms with Gasteiger partial charge in [-0.15, -0.1) is 0 Å². The van der Waals surface area contributed by atoms with Gasteiger partial charge < -0.3 is 85.0 Å². The quantitative estimate of drug-likeness (QED) is 0.0641. The van der Waals surface area contributed by atoms with E-state index in [-0.39, 0.29) is 5.56 Å². The van der Waals surface area contributed by atoms with E-state index in [0.717, 1.165) is 18.2 Å². The monoisotopic (exact) mass is 772 g/mol. The van der Waals surface area contributed by atoms with Crippen LogP contribution in [0.2, 0.25) is 0 Å². The number of phenols is 11. The van der Waals surface area contributed by atoms with Gasteiger partial charge in [-0.25, -0.2) is 19.2 Å². The van der Waals surface area contributed by atoms with Crippen molar-refractivity contribution in [2.24, 2.45) is 0 Å². The molecule has 4 aromatic rings. The molecule has 1 fully saturated rings. The van der Waals surface area contributed by atoms with Crippen molar-refractivity contribution in [1.29, 1.82) is 0 Å². The van der Waals surface area contributed by atoms with Crippen LogP contribution in [0, 0.1) is 0 Å². The fourth-order valence-electron chi connectivity index (χ4n) is 5.00. The maximum atomic E-state index is 13.4. The van der Waals surface area contributed by atoms with Crippen molar-refractivity contribution in [3.8, 4) is 63.2 Å². The zero-order valence-corrected chi connectivity index (χ0v) is 27.3. The van der Waals surface area contributed by atoms with Crippen LogP contribution in [0.15, 0.2) is 54.6 Å². The van der Waals surface area contributed by atoms with Crippen molar-refractivity contribution in [3.63, 3.8) is 0 Å². The molecule has 1 heterocycles. The maximum absolute atomic E-state index is 13.4. The second kappa shape index (κ2) is 15.2. The van der Waals surface area contributed by atoms with E-state index in [1.165, 1.54) is 0 Å². The molecule has 5 rings (SSSR count). The van der Waals surface area contributed by atoms with Crippen LogP contribution in [0.5, 0.6) is 63.2 Å². The van der Waals surface area contributed by atoms with Crippen LogP contribution in [0.25, 0.3) is 0 Å².